The number of nitrogens with zero attached hydrogens (tertiary/aromatic N) is 2. The molecule has 18 heavy (non-hydrogen) atoms. The van der Waals surface area contributed by atoms with Crippen LogP contribution >= 0.6 is 0 Å². The van der Waals surface area contributed by atoms with Gasteiger partial charge >= 0.3 is 0 Å². The third-order valence-corrected chi connectivity index (χ3v) is 3.77. The van der Waals surface area contributed by atoms with E-state index in [4.69, 9.17) is 4.74 Å². The van der Waals surface area contributed by atoms with Gasteiger partial charge in [-0.3, -0.25) is 9.88 Å². The number of hydrogen-bond acceptors (Lipinski definition) is 4. The Labute approximate surface area is 108 Å². The molecular weight excluding hydrogens is 226 g/mol. The molecule has 0 radical (unpaired) electrons. The van der Waals surface area contributed by atoms with Gasteiger partial charge in [0.25, 0.3) is 0 Å². The number of likely N-dealkylation sites (tertiary alicyclic amines) is 1. The third-order valence-electron chi connectivity index (χ3n) is 3.77. The first-order valence-corrected chi connectivity index (χ1v) is 6.79. The van der Waals surface area contributed by atoms with Crippen molar-refractivity contribution in [2.45, 2.75) is 38.1 Å². The Hall–Kier alpha value is -0.970. The molecule has 2 saturated heterocycles. The first kappa shape index (κ1) is 12.1. The normalized spacial score (nSPS) is 27.6. The van der Waals surface area contributed by atoms with Crippen LogP contribution in [0.4, 0.5) is 0 Å². The van der Waals surface area contributed by atoms with Crippen molar-refractivity contribution in [3.8, 4) is 0 Å². The van der Waals surface area contributed by atoms with Gasteiger partial charge in [-0.25, -0.2) is 0 Å². The zero-order valence-corrected chi connectivity index (χ0v) is 10.9. The summed E-state index contributed by atoms with van der Waals surface area (Å²) < 4.78 is 5.85. The number of fused-ring (bicyclic) bond motifs is 2. The molecule has 4 heteroatoms. The van der Waals surface area contributed by atoms with Crippen LogP contribution in [-0.4, -0.2) is 42.2 Å². The van der Waals surface area contributed by atoms with Crippen LogP contribution < -0.4 is 5.32 Å². The molecule has 1 aromatic heterocycles. The van der Waals surface area contributed by atoms with Crippen LogP contribution in [0.15, 0.2) is 18.3 Å². The highest BCUT2D eigenvalue weighted by molar-refractivity contribution is 5.14. The lowest BCUT2D eigenvalue weighted by Crippen LogP contribution is -2.42. The van der Waals surface area contributed by atoms with Crippen molar-refractivity contribution < 1.29 is 4.74 Å². The van der Waals surface area contributed by atoms with E-state index in [0.717, 1.165) is 31.9 Å². The number of ether oxygens (including phenoxy) is 1. The second-order valence-electron chi connectivity index (χ2n) is 5.34. The summed E-state index contributed by atoms with van der Waals surface area (Å²) in [6.07, 6.45) is 5.37. The molecule has 2 fully saturated rings. The second-order valence-corrected chi connectivity index (χ2v) is 5.34. The topological polar surface area (TPSA) is 37.4 Å². The molecule has 0 amide bonds. The number of rotatable bonds is 4. The van der Waals surface area contributed by atoms with E-state index >= 15 is 0 Å². The average Bonchev–Trinajstić information content (AvgIpc) is 2.72. The van der Waals surface area contributed by atoms with Crippen LogP contribution in [0.5, 0.6) is 0 Å². The molecule has 0 saturated carbocycles. The van der Waals surface area contributed by atoms with E-state index in [1.807, 2.05) is 13.2 Å². The van der Waals surface area contributed by atoms with E-state index in [2.05, 4.69) is 27.3 Å². The molecule has 2 unspecified atom stereocenters. The molecule has 98 valence electrons. The number of morpholine rings is 1. The van der Waals surface area contributed by atoms with Crippen molar-refractivity contribution in [1.29, 1.82) is 0 Å². The summed E-state index contributed by atoms with van der Waals surface area (Å²) in [6, 6.07) is 4.30. The minimum Gasteiger partial charge on any atom is -0.372 e. The molecule has 0 spiro atoms. The Kier molecular flexibility index (Phi) is 3.59. The van der Waals surface area contributed by atoms with Gasteiger partial charge in [0.05, 0.1) is 17.9 Å². The van der Waals surface area contributed by atoms with Crippen molar-refractivity contribution in [2.75, 3.05) is 20.1 Å². The fraction of sp³-hybridized carbons (Fsp3) is 0.643. The number of pyridine rings is 1. The van der Waals surface area contributed by atoms with Crippen LogP contribution in [0.3, 0.4) is 0 Å². The zero-order valence-electron chi connectivity index (χ0n) is 10.9. The fourth-order valence-corrected chi connectivity index (χ4v) is 2.91. The van der Waals surface area contributed by atoms with E-state index in [1.165, 1.54) is 18.4 Å². The van der Waals surface area contributed by atoms with Crippen molar-refractivity contribution in [2.24, 2.45) is 0 Å². The number of aromatic nitrogens is 1. The highest BCUT2D eigenvalue weighted by atomic mass is 16.5. The average molecular weight is 247 g/mol. The van der Waals surface area contributed by atoms with E-state index < -0.39 is 0 Å². The van der Waals surface area contributed by atoms with Crippen molar-refractivity contribution in [1.82, 2.24) is 15.2 Å². The lowest BCUT2D eigenvalue weighted by atomic mass is 10.2. The van der Waals surface area contributed by atoms with Gasteiger partial charge in [-0.1, -0.05) is 6.07 Å². The van der Waals surface area contributed by atoms with Gasteiger partial charge in [0, 0.05) is 32.4 Å². The molecule has 2 bridgehead atoms. The summed E-state index contributed by atoms with van der Waals surface area (Å²) >= 11 is 0. The standard InChI is InChI=1S/C14H21N3O/c1-15-6-11-2-3-12(16-7-11)8-17-9-13-4-5-14(10-17)18-13/h2-3,7,13-15H,4-6,8-10H2,1H3. The van der Waals surface area contributed by atoms with Gasteiger partial charge in [-0.05, 0) is 31.5 Å². The van der Waals surface area contributed by atoms with E-state index in [-0.39, 0.29) is 0 Å². The monoisotopic (exact) mass is 247 g/mol. The lowest BCUT2D eigenvalue weighted by molar-refractivity contribution is -0.0413. The minimum absolute atomic E-state index is 0.465. The highest BCUT2D eigenvalue weighted by Crippen LogP contribution is 2.26. The van der Waals surface area contributed by atoms with E-state index in [0.29, 0.717) is 12.2 Å². The van der Waals surface area contributed by atoms with Crippen LogP contribution in [0.1, 0.15) is 24.1 Å². The smallest absolute Gasteiger partial charge is 0.0707 e. The predicted octanol–water partition coefficient (Wildman–Crippen LogP) is 1.16. The maximum atomic E-state index is 5.85. The molecule has 2 aliphatic heterocycles. The molecule has 2 aliphatic rings. The van der Waals surface area contributed by atoms with Gasteiger partial charge in [0.2, 0.25) is 0 Å². The van der Waals surface area contributed by atoms with Gasteiger partial charge < -0.3 is 10.1 Å². The molecule has 0 aromatic carbocycles. The molecular formula is C14H21N3O. The SMILES string of the molecule is CNCc1ccc(CN2CC3CCC(C2)O3)nc1. The van der Waals surface area contributed by atoms with E-state index in [9.17, 15) is 0 Å². The van der Waals surface area contributed by atoms with Gasteiger partial charge in [0.1, 0.15) is 0 Å². The van der Waals surface area contributed by atoms with E-state index in [1.54, 1.807) is 0 Å². The summed E-state index contributed by atoms with van der Waals surface area (Å²) in [6.45, 7) is 3.97. The van der Waals surface area contributed by atoms with Crippen LogP contribution in [0.25, 0.3) is 0 Å². The predicted molar refractivity (Wildman–Crippen MR) is 70.2 cm³/mol. The van der Waals surface area contributed by atoms with Crippen LogP contribution in [0, 0.1) is 0 Å². The number of hydrogen-bond donors (Lipinski definition) is 1. The number of nitrogens with one attached hydrogen (secondary N) is 1. The van der Waals surface area contributed by atoms with Gasteiger partial charge in [-0.15, -0.1) is 0 Å². The zero-order chi connectivity index (χ0) is 12.4. The molecule has 3 rings (SSSR count). The molecule has 3 heterocycles. The van der Waals surface area contributed by atoms with Crippen molar-refractivity contribution in [3.05, 3.63) is 29.6 Å². The molecule has 1 aromatic rings. The fourth-order valence-electron chi connectivity index (χ4n) is 2.91. The van der Waals surface area contributed by atoms with Gasteiger partial charge in [-0.2, -0.15) is 0 Å². The summed E-state index contributed by atoms with van der Waals surface area (Å²) in [7, 11) is 1.96. The first-order valence-electron chi connectivity index (χ1n) is 6.79. The first-order chi connectivity index (χ1) is 8.83. The second kappa shape index (κ2) is 5.34. The van der Waals surface area contributed by atoms with Crippen molar-refractivity contribution in [3.63, 3.8) is 0 Å². The summed E-state index contributed by atoms with van der Waals surface area (Å²) in [5.74, 6) is 0. The lowest BCUT2D eigenvalue weighted by Gasteiger charge is -2.31. The summed E-state index contributed by atoms with van der Waals surface area (Å²) in [4.78, 5) is 7.02. The molecule has 4 nitrogen and oxygen atoms in total. The summed E-state index contributed by atoms with van der Waals surface area (Å²) in [5, 5.41) is 3.14. The molecule has 2 atom stereocenters. The third kappa shape index (κ3) is 2.71. The largest absolute Gasteiger partial charge is 0.372 e. The van der Waals surface area contributed by atoms with Crippen LogP contribution in [-0.2, 0) is 17.8 Å². The summed E-state index contributed by atoms with van der Waals surface area (Å²) in [5.41, 5.74) is 2.40. The maximum absolute atomic E-state index is 5.85. The molecule has 1 N–H and O–H groups in total. The molecule has 0 aliphatic carbocycles. The highest BCUT2D eigenvalue weighted by Gasteiger charge is 2.33. The van der Waals surface area contributed by atoms with Gasteiger partial charge in [0.15, 0.2) is 0 Å². The quantitative estimate of drug-likeness (QED) is 0.866. The Morgan fingerprint density at radius 3 is 2.72 bits per heavy atom. The minimum atomic E-state index is 0.465. The Balaban J connectivity index is 1.59. The van der Waals surface area contributed by atoms with Crippen LogP contribution in [0.2, 0.25) is 0 Å². The Morgan fingerprint density at radius 1 is 1.33 bits per heavy atom. The Morgan fingerprint density at radius 2 is 2.11 bits per heavy atom. The maximum Gasteiger partial charge on any atom is 0.0707 e. The van der Waals surface area contributed by atoms with Crippen molar-refractivity contribution >= 4 is 0 Å². The Bertz CT molecular complexity index is 381.